The number of halogens is 1. The molecule has 0 aromatic carbocycles. The Balaban J connectivity index is 1.90. The van der Waals surface area contributed by atoms with Gasteiger partial charge in [0.1, 0.15) is 5.67 Å². The van der Waals surface area contributed by atoms with Crippen LogP contribution >= 0.6 is 0 Å². The molecule has 0 aromatic rings. The maximum absolute atomic E-state index is 14.1. The van der Waals surface area contributed by atoms with Crippen LogP contribution in [0, 0.1) is 17.8 Å². The van der Waals surface area contributed by atoms with Gasteiger partial charge in [-0.15, -0.1) is 0 Å². The van der Waals surface area contributed by atoms with Crippen LogP contribution in [0.25, 0.3) is 0 Å². The molecule has 2 heteroatoms. The van der Waals surface area contributed by atoms with Gasteiger partial charge in [-0.1, -0.05) is 0 Å². The lowest BCUT2D eigenvalue weighted by Crippen LogP contribution is -2.55. The molecular weight excluding hydrogens is 169 g/mol. The average molecular weight is 186 g/mol. The molecule has 1 nitrogen and oxygen atoms in total. The van der Waals surface area contributed by atoms with Gasteiger partial charge in [-0.2, -0.15) is 0 Å². The number of hydrogen-bond donors (Lipinski definition) is 0. The van der Waals surface area contributed by atoms with Crippen LogP contribution in [0.15, 0.2) is 0 Å². The molecule has 0 aromatic heterocycles. The van der Waals surface area contributed by atoms with Crippen LogP contribution in [-0.2, 0) is 4.74 Å². The Morgan fingerprint density at radius 1 is 1.15 bits per heavy atom. The summed E-state index contributed by atoms with van der Waals surface area (Å²) in [6.45, 7) is 0. The highest BCUT2D eigenvalue weighted by atomic mass is 19.1. The van der Waals surface area contributed by atoms with E-state index >= 15 is 0 Å². The molecule has 74 valence electrons. The van der Waals surface area contributed by atoms with Crippen molar-refractivity contribution in [1.29, 1.82) is 0 Å². The molecule has 0 radical (unpaired) electrons. The lowest BCUT2D eigenvalue weighted by molar-refractivity contribution is -0.154. The molecular formula is C11H17FO. The lowest BCUT2D eigenvalue weighted by Gasteiger charge is -2.56. The topological polar surface area (TPSA) is 9.23 Å². The largest absolute Gasteiger partial charge is 0.381 e. The average Bonchev–Trinajstić information content (AvgIpc) is 2.00. The molecule has 4 aliphatic carbocycles. The van der Waals surface area contributed by atoms with Gasteiger partial charge in [0.05, 0.1) is 6.10 Å². The minimum atomic E-state index is -0.800. The summed E-state index contributed by atoms with van der Waals surface area (Å²) in [5, 5.41) is 0. The zero-order chi connectivity index (χ0) is 9.05. The van der Waals surface area contributed by atoms with Gasteiger partial charge < -0.3 is 4.74 Å². The van der Waals surface area contributed by atoms with E-state index in [0.29, 0.717) is 23.9 Å². The summed E-state index contributed by atoms with van der Waals surface area (Å²) in [7, 11) is 1.79. The van der Waals surface area contributed by atoms with E-state index in [1.807, 2.05) is 0 Å². The van der Waals surface area contributed by atoms with Crippen LogP contribution in [0.2, 0.25) is 0 Å². The molecule has 4 rings (SSSR count). The van der Waals surface area contributed by atoms with Crippen molar-refractivity contribution < 1.29 is 9.13 Å². The standard InChI is InChI=1S/C11H17FO/c1-13-10-8-2-7-3-9(10)6-11(12,4-7)5-8/h7-10H,2-6H2,1H3/t7?,8-,9+,10?,11?/i13+2. The van der Waals surface area contributed by atoms with Gasteiger partial charge in [-0.25, -0.2) is 4.39 Å². The maximum atomic E-state index is 14.1. The number of ether oxygens (including phenoxy) is 1. The lowest BCUT2D eigenvalue weighted by atomic mass is 9.54. The van der Waals surface area contributed by atoms with Gasteiger partial charge in [0, 0.05) is 7.11 Å². The van der Waals surface area contributed by atoms with Crippen molar-refractivity contribution >= 4 is 0 Å². The highest BCUT2D eigenvalue weighted by Crippen LogP contribution is 2.57. The number of rotatable bonds is 1. The number of hydrogen-bond acceptors (Lipinski definition) is 1. The molecule has 5 atom stereocenters. The number of alkyl halides is 1. The number of methoxy groups -OCH3 is 1. The molecule has 0 N–H and O–H groups in total. The molecule has 0 aliphatic heterocycles. The van der Waals surface area contributed by atoms with Crippen LogP contribution < -0.4 is 0 Å². The summed E-state index contributed by atoms with van der Waals surface area (Å²) in [5.41, 5.74) is -0.800. The first-order valence-electron chi connectivity index (χ1n) is 5.42. The molecule has 3 unspecified atom stereocenters. The Labute approximate surface area is 78.7 Å². The molecule has 13 heavy (non-hydrogen) atoms. The van der Waals surface area contributed by atoms with Gasteiger partial charge >= 0.3 is 0 Å². The van der Waals surface area contributed by atoms with E-state index in [4.69, 9.17) is 4.74 Å². The zero-order valence-corrected chi connectivity index (χ0v) is 8.13. The van der Waals surface area contributed by atoms with E-state index in [-0.39, 0.29) is 0 Å². The highest BCUT2D eigenvalue weighted by Gasteiger charge is 2.56. The minimum absolute atomic E-state index is 0.375. The second-order valence-corrected chi connectivity index (χ2v) is 5.32. The van der Waals surface area contributed by atoms with E-state index in [1.165, 1.54) is 12.8 Å². The first kappa shape index (κ1) is 8.22. The molecule has 4 aliphatic rings. The molecule has 4 saturated carbocycles. The Hall–Kier alpha value is -0.110. The first-order chi connectivity index (χ1) is 6.20. The Morgan fingerprint density at radius 3 is 2.23 bits per heavy atom. The van der Waals surface area contributed by atoms with Crippen molar-refractivity contribution in [3.05, 3.63) is 0 Å². The zero-order valence-electron chi connectivity index (χ0n) is 8.13. The quantitative estimate of drug-likeness (QED) is 0.572. The van der Waals surface area contributed by atoms with Crippen molar-refractivity contribution in [2.24, 2.45) is 17.8 Å². The second kappa shape index (κ2) is 2.47. The van der Waals surface area contributed by atoms with E-state index < -0.39 is 5.67 Å². The van der Waals surface area contributed by atoms with Gasteiger partial charge in [-0.3, -0.25) is 0 Å². The summed E-state index contributed by atoms with van der Waals surface area (Å²) < 4.78 is 19.6. The van der Waals surface area contributed by atoms with Crippen molar-refractivity contribution in [1.82, 2.24) is 0 Å². The van der Waals surface area contributed by atoms with Crippen molar-refractivity contribution in [3.8, 4) is 0 Å². The third kappa shape index (κ3) is 1.08. The summed E-state index contributed by atoms with van der Waals surface area (Å²) in [4.78, 5) is 0. The molecule has 4 fully saturated rings. The molecule has 4 bridgehead atoms. The Morgan fingerprint density at radius 2 is 1.77 bits per heavy atom. The maximum Gasteiger partial charge on any atom is 0.112 e. The van der Waals surface area contributed by atoms with Crippen LogP contribution in [-0.4, -0.2) is 18.9 Å². The van der Waals surface area contributed by atoms with Crippen LogP contribution in [0.3, 0.4) is 0 Å². The fourth-order valence-corrected chi connectivity index (χ4v) is 4.26. The first-order valence-corrected chi connectivity index (χ1v) is 5.42. The Bertz CT molecular complexity index is 212. The predicted molar refractivity (Wildman–Crippen MR) is 48.2 cm³/mol. The van der Waals surface area contributed by atoms with Gasteiger partial charge in [0.2, 0.25) is 0 Å². The van der Waals surface area contributed by atoms with Crippen LogP contribution in [0.4, 0.5) is 4.39 Å². The highest BCUT2D eigenvalue weighted by molar-refractivity contribution is 5.06. The minimum Gasteiger partial charge on any atom is -0.381 e. The van der Waals surface area contributed by atoms with E-state index in [2.05, 4.69) is 0 Å². The van der Waals surface area contributed by atoms with E-state index in [9.17, 15) is 4.39 Å². The summed E-state index contributed by atoms with van der Waals surface area (Å²) in [6, 6.07) is 0. The third-order valence-corrected chi connectivity index (χ3v) is 4.38. The van der Waals surface area contributed by atoms with Crippen molar-refractivity contribution in [2.75, 3.05) is 7.11 Å². The fraction of sp³-hybridized carbons (Fsp3) is 1.00. The van der Waals surface area contributed by atoms with Crippen molar-refractivity contribution in [3.63, 3.8) is 0 Å². The monoisotopic (exact) mass is 186 g/mol. The van der Waals surface area contributed by atoms with Gasteiger partial charge in [-0.05, 0) is 49.9 Å². The van der Waals surface area contributed by atoms with Crippen LogP contribution in [0.5, 0.6) is 0 Å². The van der Waals surface area contributed by atoms with Gasteiger partial charge in [0.15, 0.2) is 0 Å². The van der Waals surface area contributed by atoms with Crippen LogP contribution in [0.1, 0.15) is 32.1 Å². The SMILES string of the molecule is C[18O]C1[C@@H]2CC3C[C@H]1CC(F)(C3)C2. The summed E-state index contributed by atoms with van der Waals surface area (Å²) in [6.07, 6.45) is 5.22. The van der Waals surface area contributed by atoms with E-state index in [0.717, 1.165) is 19.3 Å². The molecule has 0 heterocycles. The van der Waals surface area contributed by atoms with Crippen molar-refractivity contribution in [2.45, 2.75) is 43.9 Å². The normalized spacial score (nSPS) is 58.6. The Kier molecular flexibility index (Phi) is 1.56. The predicted octanol–water partition coefficient (Wildman–Crippen LogP) is 2.55. The smallest absolute Gasteiger partial charge is 0.112 e. The third-order valence-electron chi connectivity index (χ3n) is 4.38. The second-order valence-electron chi connectivity index (χ2n) is 5.32. The van der Waals surface area contributed by atoms with E-state index in [1.54, 1.807) is 7.11 Å². The summed E-state index contributed by atoms with van der Waals surface area (Å²) in [5.74, 6) is 1.73. The van der Waals surface area contributed by atoms with Gasteiger partial charge in [0.25, 0.3) is 0 Å². The molecule has 0 amide bonds. The fourth-order valence-electron chi connectivity index (χ4n) is 4.26. The summed E-state index contributed by atoms with van der Waals surface area (Å²) >= 11 is 0. The molecule has 0 spiro atoms. The molecule has 0 saturated heterocycles.